The molecule has 0 heterocycles. The van der Waals surface area contributed by atoms with Crippen LogP contribution < -0.4 is 9.64 Å². The van der Waals surface area contributed by atoms with Gasteiger partial charge in [-0.15, -0.1) is 0 Å². The molecule has 0 radical (unpaired) electrons. The van der Waals surface area contributed by atoms with Gasteiger partial charge in [0.1, 0.15) is 5.75 Å². The third kappa shape index (κ3) is 3.88. The Labute approximate surface area is 132 Å². The van der Waals surface area contributed by atoms with Gasteiger partial charge in [-0.05, 0) is 49.6 Å². The first kappa shape index (κ1) is 16.1. The summed E-state index contributed by atoms with van der Waals surface area (Å²) in [5.41, 5.74) is 3.28. The molecule has 2 rings (SSSR count). The maximum Gasteiger partial charge on any atom is 0.227 e. The van der Waals surface area contributed by atoms with Gasteiger partial charge in [0.2, 0.25) is 5.91 Å². The summed E-state index contributed by atoms with van der Waals surface area (Å²) in [5, 5.41) is 0. The van der Waals surface area contributed by atoms with Gasteiger partial charge in [-0.25, -0.2) is 0 Å². The van der Waals surface area contributed by atoms with Crippen molar-refractivity contribution in [1.29, 1.82) is 0 Å². The molecule has 2 aromatic carbocycles. The first-order valence-corrected chi connectivity index (χ1v) is 7.64. The van der Waals surface area contributed by atoms with Crippen molar-refractivity contribution in [1.82, 2.24) is 0 Å². The minimum absolute atomic E-state index is 0.160. The number of hydrogen-bond donors (Lipinski definition) is 0. The van der Waals surface area contributed by atoms with Crippen LogP contribution in [0.4, 0.5) is 5.69 Å². The van der Waals surface area contributed by atoms with E-state index < -0.39 is 0 Å². The number of carbonyl (C=O) groups is 1. The molecule has 0 atom stereocenters. The molecule has 0 aliphatic heterocycles. The second-order valence-corrected chi connectivity index (χ2v) is 5.27. The zero-order chi connectivity index (χ0) is 15.9. The Morgan fingerprint density at radius 2 is 1.77 bits per heavy atom. The van der Waals surface area contributed by atoms with Gasteiger partial charge in [0.05, 0.1) is 7.11 Å². The molecule has 3 heteroatoms. The lowest BCUT2D eigenvalue weighted by Gasteiger charge is -2.23. The Balaban J connectivity index is 2.02. The Hall–Kier alpha value is -2.29. The van der Waals surface area contributed by atoms with Gasteiger partial charge < -0.3 is 9.64 Å². The van der Waals surface area contributed by atoms with Crippen molar-refractivity contribution in [3.8, 4) is 5.75 Å². The molecule has 0 aliphatic carbocycles. The number of para-hydroxylation sites is 1. The molecule has 0 bridgehead atoms. The number of ether oxygens (including phenoxy) is 1. The highest BCUT2D eigenvalue weighted by molar-refractivity contribution is 5.94. The van der Waals surface area contributed by atoms with Crippen molar-refractivity contribution in [2.45, 2.75) is 26.7 Å². The fourth-order valence-electron chi connectivity index (χ4n) is 2.53. The van der Waals surface area contributed by atoms with E-state index in [2.05, 4.69) is 0 Å². The Morgan fingerprint density at radius 1 is 1.09 bits per heavy atom. The summed E-state index contributed by atoms with van der Waals surface area (Å²) in [6.07, 6.45) is 1.25. The van der Waals surface area contributed by atoms with Gasteiger partial charge in [-0.3, -0.25) is 4.79 Å². The molecular formula is C19H23NO2. The van der Waals surface area contributed by atoms with Crippen molar-refractivity contribution in [2.75, 3.05) is 18.6 Å². The fraction of sp³-hybridized carbons (Fsp3) is 0.316. The molecule has 2 aromatic rings. The number of anilines is 1. The number of hydrogen-bond acceptors (Lipinski definition) is 2. The van der Waals surface area contributed by atoms with Crippen LogP contribution in [-0.4, -0.2) is 19.6 Å². The zero-order valence-electron chi connectivity index (χ0n) is 13.5. The number of aryl methyl sites for hydroxylation is 2. The second kappa shape index (κ2) is 7.64. The number of rotatable bonds is 6. The van der Waals surface area contributed by atoms with Crippen molar-refractivity contribution < 1.29 is 9.53 Å². The minimum Gasteiger partial charge on any atom is -0.497 e. The average molecular weight is 297 g/mol. The number of carbonyl (C=O) groups excluding carboxylic acids is 1. The van der Waals surface area contributed by atoms with E-state index in [0.29, 0.717) is 13.0 Å². The van der Waals surface area contributed by atoms with E-state index in [1.807, 2.05) is 67.3 Å². The van der Waals surface area contributed by atoms with Crippen LogP contribution >= 0.6 is 0 Å². The number of methoxy groups -OCH3 is 1. The molecule has 0 N–H and O–H groups in total. The smallest absolute Gasteiger partial charge is 0.227 e. The fourth-order valence-corrected chi connectivity index (χ4v) is 2.53. The van der Waals surface area contributed by atoms with E-state index in [-0.39, 0.29) is 5.91 Å². The van der Waals surface area contributed by atoms with E-state index in [1.165, 1.54) is 0 Å². The maximum absolute atomic E-state index is 12.5. The van der Waals surface area contributed by atoms with Crippen LogP contribution in [0.2, 0.25) is 0 Å². The molecule has 0 aliphatic rings. The highest BCUT2D eigenvalue weighted by Gasteiger charge is 2.15. The SMILES string of the molecule is CCN(C(=O)CCc1ccc(OC)cc1)c1ccccc1C. The monoisotopic (exact) mass is 297 g/mol. The first-order valence-electron chi connectivity index (χ1n) is 7.64. The topological polar surface area (TPSA) is 29.5 Å². The second-order valence-electron chi connectivity index (χ2n) is 5.27. The standard InChI is InChI=1S/C19H23NO2/c1-4-20(18-8-6-5-7-15(18)2)19(21)14-11-16-9-12-17(22-3)13-10-16/h5-10,12-13H,4,11,14H2,1-3H3. The Kier molecular flexibility index (Phi) is 5.59. The molecular weight excluding hydrogens is 274 g/mol. The Bertz CT molecular complexity index is 620. The maximum atomic E-state index is 12.5. The van der Waals surface area contributed by atoms with E-state index in [1.54, 1.807) is 7.11 Å². The summed E-state index contributed by atoms with van der Waals surface area (Å²) in [6, 6.07) is 15.9. The largest absolute Gasteiger partial charge is 0.497 e. The summed E-state index contributed by atoms with van der Waals surface area (Å²) in [6.45, 7) is 4.73. The number of amides is 1. The van der Waals surface area contributed by atoms with Gasteiger partial charge in [0.15, 0.2) is 0 Å². The van der Waals surface area contributed by atoms with Gasteiger partial charge >= 0.3 is 0 Å². The quantitative estimate of drug-likeness (QED) is 0.807. The summed E-state index contributed by atoms with van der Waals surface area (Å²) in [7, 11) is 1.65. The zero-order valence-corrected chi connectivity index (χ0v) is 13.5. The van der Waals surface area contributed by atoms with Crippen LogP contribution in [0.1, 0.15) is 24.5 Å². The summed E-state index contributed by atoms with van der Waals surface area (Å²) >= 11 is 0. The summed E-state index contributed by atoms with van der Waals surface area (Å²) in [4.78, 5) is 14.4. The molecule has 22 heavy (non-hydrogen) atoms. The van der Waals surface area contributed by atoms with Crippen LogP contribution in [0, 0.1) is 6.92 Å². The molecule has 116 valence electrons. The molecule has 0 saturated heterocycles. The lowest BCUT2D eigenvalue weighted by Crippen LogP contribution is -2.31. The molecule has 0 fully saturated rings. The molecule has 0 unspecified atom stereocenters. The van der Waals surface area contributed by atoms with Gasteiger partial charge in [-0.2, -0.15) is 0 Å². The van der Waals surface area contributed by atoms with Crippen LogP contribution in [0.25, 0.3) is 0 Å². The van der Waals surface area contributed by atoms with Gasteiger partial charge in [0, 0.05) is 18.7 Å². The molecule has 1 amide bonds. The number of nitrogens with zero attached hydrogens (tertiary/aromatic N) is 1. The molecule has 0 saturated carbocycles. The van der Waals surface area contributed by atoms with E-state index >= 15 is 0 Å². The van der Waals surface area contributed by atoms with E-state index in [9.17, 15) is 4.79 Å². The van der Waals surface area contributed by atoms with E-state index in [0.717, 1.165) is 29.0 Å². The highest BCUT2D eigenvalue weighted by Crippen LogP contribution is 2.21. The minimum atomic E-state index is 0.160. The summed E-state index contributed by atoms with van der Waals surface area (Å²) < 4.78 is 5.15. The normalized spacial score (nSPS) is 10.3. The molecule has 0 aromatic heterocycles. The third-order valence-corrected chi connectivity index (χ3v) is 3.81. The van der Waals surface area contributed by atoms with Crippen molar-refractivity contribution >= 4 is 11.6 Å². The molecule has 3 nitrogen and oxygen atoms in total. The molecule has 0 spiro atoms. The first-order chi connectivity index (χ1) is 10.7. The van der Waals surface area contributed by atoms with Crippen molar-refractivity contribution in [3.05, 3.63) is 59.7 Å². The van der Waals surface area contributed by atoms with Crippen LogP contribution in [-0.2, 0) is 11.2 Å². The number of benzene rings is 2. The lowest BCUT2D eigenvalue weighted by atomic mass is 10.1. The highest BCUT2D eigenvalue weighted by atomic mass is 16.5. The Morgan fingerprint density at radius 3 is 2.36 bits per heavy atom. The lowest BCUT2D eigenvalue weighted by molar-refractivity contribution is -0.118. The average Bonchev–Trinajstić information content (AvgIpc) is 2.56. The predicted octanol–water partition coefficient (Wildman–Crippen LogP) is 3.99. The predicted molar refractivity (Wildman–Crippen MR) is 90.5 cm³/mol. The van der Waals surface area contributed by atoms with Crippen LogP contribution in [0.3, 0.4) is 0 Å². The third-order valence-electron chi connectivity index (χ3n) is 3.81. The van der Waals surface area contributed by atoms with Gasteiger partial charge in [0.25, 0.3) is 0 Å². The van der Waals surface area contributed by atoms with Crippen LogP contribution in [0.5, 0.6) is 5.75 Å². The van der Waals surface area contributed by atoms with Crippen LogP contribution in [0.15, 0.2) is 48.5 Å². The van der Waals surface area contributed by atoms with Crippen molar-refractivity contribution in [3.63, 3.8) is 0 Å². The summed E-state index contributed by atoms with van der Waals surface area (Å²) in [5.74, 6) is 0.998. The van der Waals surface area contributed by atoms with Crippen molar-refractivity contribution in [2.24, 2.45) is 0 Å². The van der Waals surface area contributed by atoms with E-state index in [4.69, 9.17) is 4.74 Å². The van der Waals surface area contributed by atoms with Gasteiger partial charge in [-0.1, -0.05) is 30.3 Å².